The van der Waals surface area contributed by atoms with Gasteiger partial charge in [0.1, 0.15) is 0 Å². The van der Waals surface area contributed by atoms with Gasteiger partial charge in [0.05, 0.1) is 13.5 Å². The van der Waals surface area contributed by atoms with Gasteiger partial charge >= 0.3 is 5.97 Å². The molecule has 0 saturated heterocycles. The second-order valence-electron chi connectivity index (χ2n) is 5.19. The molecule has 0 radical (unpaired) electrons. The Morgan fingerprint density at radius 2 is 1.77 bits per heavy atom. The number of nitrogens with zero attached hydrogens (tertiary/aromatic N) is 1. The number of hydrogen-bond acceptors (Lipinski definition) is 3. The predicted molar refractivity (Wildman–Crippen MR) is 88.1 cm³/mol. The molecule has 0 spiro atoms. The fourth-order valence-electron chi connectivity index (χ4n) is 2.15. The van der Waals surface area contributed by atoms with Crippen molar-refractivity contribution in [1.82, 2.24) is 4.90 Å². The molecule has 4 nitrogen and oxygen atoms in total. The van der Waals surface area contributed by atoms with E-state index in [0.29, 0.717) is 23.7 Å². The molecule has 0 aliphatic rings. The van der Waals surface area contributed by atoms with Crippen LogP contribution in [0.4, 0.5) is 0 Å². The molecule has 1 aromatic carbocycles. The highest BCUT2D eigenvalue weighted by atomic mass is 35.5. The highest BCUT2D eigenvalue weighted by Gasteiger charge is 2.16. The van der Waals surface area contributed by atoms with Gasteiger partial charge in [0.25, 0.3) is 5.91 Å². The molecule has 0 atom stereocenters. The summed E-state index contributed by atoms with van der Waals surface area (Å²) in [6.07, 6.45) is 4.53. The summed E-state index contributed by atoms with van der Waals surface area (Å²) in [5.74, 6) is -0.375. The van der Waals surface area contributed by atoms with Gasteiger partial charge in [-0.1, -0.05) is 37.8 Å². The van der Waals surface area contributed by atoms with E-state index < -0.39 is 0 Å². The fraction of sp³-hybridized carbons (Fsp3) is 0.529. The molecule has 22 heavy (non-hydrogen) atoms. The fourth-order valence-corrected chi connectivity index (χ4v) is 2.27. The van der Waals surface area contributed by atoms with Crippen molar-refractivity contribution in [2.75, 3.05) is 20.2 Å². The van der Waals surface area contributed by atoms with E-state index in [9.17, 15) is 9.59 Å². The first-order valence-corrected chi connectivity index (χ1v) is 8.08. The zero-order valence-electron chi connectivity index (χ0n) is 13.3. The topological polar surface area (TPSA) is 46.6 Å². The van der Waals surface area contributed by atoms with Crippen LogP contribution in [0.1, 0.15) is 49.4 Å². The molecule has 0 aliphatic heterocycles. The minimum absolute atomic E-state index is 0.0722. The summed E-state index contributed by atoms with van der Waals surface area (Å²) in [7, 11) is 1.36. The van der Waals surface area contributed by atoms with Gasteiger partial charge in [-0.25, -0.2) is 0 Å². The monoisotopic (exact) mass is 325 g/mol. The Labute approximate surface area is 137 Å². The summed E-state index contributed by atoms with van der Waals surface area (Å²) in [4.78, 5) is 25.6. The smallest absolute Gasteiger partial charge is 0.307 e. The molecular formula is C17H24ClNO3. The van der Waals surface area contributed by atoms with E-state index in [4.69, 9.17) is 11.6 Å². The maximum Gasteiger partial charge on any atom is 0.307 e. The van der Waals surface area contributed by atoms with Gasteiger partial charge in [-0.3, -0.25) is 9.59 Å². The number of carbonyl (C=O) groups is 2. The van der Waals surface area contributed by atoms with Crippen LogP contribution >= 0.6 is 11.6 Å². The van der Waals surface area contributed by atoms with Crippen molar-refractivity contribution in [3.63, 3.8) is 0 Å². The third-order valence-corrected chi connectivity index (χ3v) is 3.73. The van der Waals surface area contributed by atoms with Crippen molar-refractivity contribution in [3.8, 4) is 0 Å². The number of hydrogen-bond donors (Lipinski definition) is 0. The maximum atomic E-state index is 12.6. The van der Waals surface area contributed by atoms with Crippen LogP contribution in [0.15, 0.2) is 24.3 Å². The molecule has 0 aromatic heterocycles. The number of esters is 1. The SMILES string of the molecule is CCCCCCN(CCC(=O)OC)C(=O)c1ccc(Cl)cc1. The number of ether oxygens (including phenoxy) is 1. The van der Waals surface area contributed by atoms with Crippen LogP contribution in [0, 0.1) is 0 Å². The van der Waals surface area contributed by atoms with Gasteiger partial charge in [0.15, 0.2) is 0 Å². The van der Waals surface area contributed by atoms with Crippen molar-refractivity contribution in [2.45, 2.75) is 39.0 Å². The van der Waals surface area contributed by atoms with Crippen molar-refractivity contribution in [1.29, 1.82) is 0 Å². The van der Waals surface area contributed by atoms with E-state index in [1.54, 1.807) is 29.2 Å². The summed E-state index contributed by atoms with van der Waals surface area (Å²) in [5.41, 5.74) is 0.588. The minimum Gasteiger partial charge on any atom is -0.469 e. The summed E-state index contributed by atoms with van der Waals surface area (Å²) in [5, 5.41) is 0.598. The molecule has 0 fully saturated rings. The first-order valence-electron chi connectivity index (χ1n) is 7.70. The zero-order valence-corrected chi connectivity index (χ0v) is 14.1. The normalized spacial score (nSPS) is 10.3. The van der Waals surface area contributed by atoms with E-state index in [1.807, 2.05) is 0 Å². The quantitative estimate of drug-likeness (QED) is 0.510. The van der Waals surface area contributed by atoms with Gasteiger partial charge in [-0.05, 0) is 30.7 Å². The molecule has 0 bridgehead atoms. The largest absolute Gasteiger partial charge is 0.469 e. The lowest BCUT2D eigenvalue weighted by Gasteiger charge is -2.22. The van der Waals surface area contributed by atoms with E-state index in [2.05, 4.69) is 11.7 Å². The number of unbranched alkanes of at least 4 members (excludes halogenated alkanes) is 3. The van der Waals surface area contributed by atoms with E-state index >= 15 is 0 Å². The Morgan fingerprint density at radius 1 is 1.09 bits per heavy atom. The molecule has 122 valence electrons. The Bertz CT molecular complexity index is 473. The highest BCUT2D eigenvalue weighted by molar-refractivity contribution is 6.30. The summed E-state index contributed by atoms with van der Waals surface area (Å²) in [6, 6.07) is 6.82. The van der Waals surface area contributed by atoms with Crippen molar-refractivity contribution in [3.05, 3.63) is 34.9 Å². The second kappa shape index (κ2) is 10.2. The third kappa shape index (κ3) is 6.48. The molecule has 1 rings (SSSR count). The predicted octanol–water partition coefficient (Wildman–Crippen LogP) is 3.93. The number of rotatable bonds is 9. The molecule has 0 N–H and O–H groups in total. The standard InChI is InChI=1S/C17H24ClNO3/c1-3-4-5-6-12-19(13-11-16(20)22-2)17(21)14-7-9-15(18)10-8-14/h7-10H,3-6,11-13H2,1-2H3. The number of methoxy groups -OCH3 is 1. The highest BCUT2D eigenvalue weighted by Crippen LogP contribution is 2.13. The number of amides is 1. The van der Waals surface area contributed by atoms with E-state index in [1.165, 1.54) is 7.11 Å². The molecule has 0 unspecified atom stereocenters. The first kappa shape index (κ1) is 18.5. The summed E-state index contributed by atoms with van der Waals surface area (Å²) < 4.78 is 4.65. The molecule has 0 heterocycles. The maximum absolute atomic E-state index is 12.6. The van der Waals surface area contributed by atoms with Crippen molar-refractivity contribution >= 4 is 23.5 Å². The molecular weight excluding hydrogens is 302 g/mol. The molecule has 0 saturated carbocycles. The van der Waals surface area contributed by atoms with Gasteiger partial charge < -0.3 is 9.64 Å². The number of benzene rings is 1. The molecule has 1 amide bonds. The van der Waals surface area contributed by atoms with Crippen LogP contribution in [0.3, 0.4) is 0 Å². The van der Waals surface area contributed by atoms with Crippen LogP contribution in [0.2, 0.25) is 5.02 Å². The zero-order chi connectivity index (χ0) is 16.4. The molecule has 1 aromatic rings. The second-order valence-corrected chi connectivity index (χ2v) is 5.62. The molecule has 0 aliphatic carbocycles. The van der Waals surface area contributed by atoms with E-state index in [-0.39, 0.29) is 18.3 Å². The third-order valence-electron chi connectivity index (χ3n) is 3.47. The lowest BCUT2D eigenvalue weighted by molar-refractivity contribution is -0.140. The average Bonchev–Trinajstić information content (AvgIpc) is 2.54. The first-order chi connectivity index (χ1) is 10.6. The Hall–Kier alpha value is -1.55. The van der Waals surface area contributed by atoms with Crippen LogP contribution in [-0.2, 0) is 9.53 Å². The van der Waals surface area contributed by atoms with Gasteiger partial charge in [0, 0.05) is 23.7 Å². The summed E-state index contributed by atoms with van der Waals surface area (Å²) >= 11 is 5.85. The van der Waals surface area contributed by atoms with Crippen molar-refractivity contribution in [2.24, 2.45) is 0 Å². The lowest BCUT2D eigenvalue weighted by atomic mass is 10.1. The Kier molecular flexibility index (Phi) is 8.60. The van der Waals surface area contributed by atoms with Gasteiger partial charge in [-0.2, -0.15) is 0 Å². The van der Waals surface area contributed by atoms with Crippen molar-refractivity contribution < 1.29 is 14.3 Å². The van der Waals surface area contributed by atoms with Crippen LogP contribution in [0.25, 0.3) is 0 Å². The number of carbonyl (C=O) groups excluding carboxylic acids is 2. The van der Waals surface area contributed by atoms with Crippen LogP contribution in [0.5, 0.6) is 0 Å². The van der Waals surface area contributed by atoms with Crippen LogP contribution < -0.4 is 0 Å². The summed E-state index contributed by atoms with van der Waals surface area (Å²) in [6.45, 7) is 3.17. The number of halogens is 1. The minimum atomic E-state index is -0.303. The average molecular weight is 326 g/mol. The van der Waals surface area contributed by atoms with Gasteiger partial charge in [0.2, 0.25) is 0 Å². The Balaban J connectivity index is 2.67. The van der Waals surface area contributed by atoms with Gasteiger partial charge in [-0.15, -0.1) is 0 Å². The Morgan fingerprint density at radius 3 is 2.36 bits per heavy atom. The van der Waals surface area contributed by atoms with Crippen LogP contribution in [-0.4, -0.2) is 37.0 Å². The molecule has 5 heteroatoms. The lowest BCUT2D eigenvalue weighted by Crippen LogP contribution is -2.34. The van der Waals surface area contributed by atoms with E-state index in [0.717, 1.165) is 25.7 Å².